The first-order valence-corrected chi connectivity index (χ1v) is 6.62. The second kappa shape index (κ2) is 7.07. The molecular weight excluding hydrogens is 230 g/mol. The summed E-state index contributed by atoms with van der Waals surface area (Å²) in [6.07, 6.45) is 1.73. The molecule has 0 atom stereocenters. The third-order valence-electron chi connectivity index (χ3n) is 3.66. The van der Waals surface area contributed by atoms with Crippen molar-refractivity contribution in [3.8, 4) is 0 Å². The average molecular weight is 257 g/mol. The fourth-order valence-electron chi connectivity index (χ4n) is 2.46. The van der Waals surface area contributed by atoms with Gasteiger partial charge in [-0.1, -0.05) is 0 Å². The highest BCUT2D eigenvalue weighted by molar-refractivity contribution is 5.82. The average Bonchev–Trinajstić information content (AvgIpc) is 2.36. The van der Waals surface area contributed by atoms with E-state index in [4.69, 9.17) is 4.74 Å². The van der Waals surface area contributed by atoms with E-state index in [0.717, 1.165) is 39.0 Å². The third-order valence-corrected chi connectivity index (χ3v) is 3.66. The number of ether oxygens (including phenoxy) is 1. The van der Waals surface area contributed by atoms with Gasteiger partial charge in [-0.05, 0) is 40.0 Å². The van der Waals surface area contributed by atoms with Crippen molar-refractivity contribution in [1.82, 2.24) is 15.1 Å². The number of carbonyl (C=O) groups is 1. The van der Waals surface area contributed by atoms with Crippen LogP contribution in [-0.2, 0) is 9.53 Å². The number of rotatable bonds is 6. The molecule has 0 aromatic heterocycles. The van der Waals surface area contributed by atoms with Crippen LogP contribution in [-0.4, -0.2) is 76.7 Å². The molecule has 1 heterocycles. The molecule has 5 nitrogen and oxygen atoms in total. The number of hydrogen-bond donors (Lipinski definition) is 1. The number of carbonyl (C=O) groups excluding carboxylic acids is 1. The summed E-state index contributed by atoms with van der Waals surface area (Å²) < 4.78 is 5.30. The molecule has 1 fully saturated rings. The second-order valence-corrected chi connectivity index (χ2v) is 5.49. The van der Waals surface area contributed by atoms with E-state index in [2.05, 4.69) is 10.2 Å². The predicted molar refractivity (Wildman–Crippen MR) is 72.6 cm³/mol. The van der Waals surface area contributed by atoms with Crippen LogP contribution in [0.2, 0.25) is 0 Å². The van der Waals surface area contributed by atoms with Crippen LogP contribution >= 0.6 is 0 Å². The lowest BCUT2D eigenvalue weighted by atomic mass is 9.78. The first-order chi connectivity index (χ1) is 8.52. The molecule has 106 valence electrons. The first kappa shape index (κ1) is 15.4. The molecule has 18 heavy (non-hydrogen) atoms. The minimum absolute atomic E-state index is 0.229. The molecule has 1 saturated heterocycles. The molecule has 1 aliphatic rings. The van der Waals surface area contributed by atoms with Gasteiger partial charge in [0.15, 0.2) is 0 Å². The molecule has 1 aliphatic heterocycles. The minimum Gasteiger partial charge on any atom is -0.384 e. The van der Waals surface area contributed by atoms with Gasteiger partial charge in [0, 0.05) is 27.2 Å². The summed E-state index contributed by atoms with van der Waals surface area (Å²) in [5.74, 6) is 0.229. The van der Waals surface area contributed by atoms with Crippen molar-refractivity contribution in [2.45, 2.75) is 12.8 Å². The molecule has 0 bridgehead atoms. The van der Waals surface area contributed by atoms with E-state index in [9.17, 15) is 4.79 Å². The lowest BCUT2D eigenvalue weighted by Crippen LogP contribution is -2.51. The molecular formula is C13H27N3O2. The van der Waals surface area contributed by atoms with Gasteiger partial charge in [0.25, 0.3) is 0 Å². The van der Waals surface area contributed by atoms with Crippen molar-refractivity contribution in [1.29, 1.82) is 0 Å². The van der Waals surface area contributed by atoms with E-state index in [1.54, 1.807) is 7.11 Å². The summed E-state index contributed by atoms with van der Waals surface area (Å²) in [6, 6.07) is 0. The minimum atomic E-state index is -0.318. The fraction of sp³-hybridized carbons (Fsp3) is 0.923. The molecule has 0 aromatic carbocycles. The maximum atomic E-state index is 12.6. The van der Waals surface area contributed by atoms with E-state index in [-0.39, 0.29) is 11.3 Å². The zero-order valence-electron chi connectivity index (χ0n) is 12.2. The number of amides is 1. The van der Waals surface area contributed by atoms with Crippen LogP contribution in [0.5, 0.6) is 0 Å². The van der Waals surface area contributed by atoms with E-state index in [1.807, 2.05) is 26.0 Å². The number of piperidine rings is 1. The number of hydrogen-bond acceptors (Lipinski definition) is 4. The molecule has 0 unspecified atom stereocenters. The molecule has 1 N–H and O–H groups in total. The fourth-order valence-corrected chi connectivity index (χ4v) is 2.46. The Labute approximate surface area is 110 Å². The summed E-state index contributed by atoms with van der Waals surface area (Å²) >= 11 is 0. The van der Waals surface area contributed by atoms with Crippen LogP contribution in [0.4, 0.5) is 0 Å². The van der Waals surface area contributed by atoms with Gasteiger partial charge in [0.05, 0.1) is 12.0 Å². The Morgan fingerprint density at radius 3 is 2.33 bits per heavy atom. The normalized spacial score (nSPS) is 18.9. The highest BCUT2D eigenvalue weighted by Gasteiger charge is 2.41. The van der Waals surface area contributed by atoms with Gasteiger partial charge in [-0.3, -0.25) is 4.79 Å². The molecule has 0 saturated carbocycles. The van der Waals surface area contributed by atoms with Crippen LogP contribution in [0.15, 0.2) is 0 Å². The molecule has 0 aliphatic carbocycles. The van der Waals surface area contributed by atoms with Gasteiger partial charge < -0.3 is 19.9 Å². The third kappa shape index (κ3) is 3.93. The lowest BCUT2D eigenvalue weighted by molar-refractivity contribution is -0.146. The Morgan fingerprint density at radius 2 is 1.83 bits per heavy atom. The van der Waals surface area contributed by atoms with Crippen molar-refractivity contribution in [2.75, 3.05) is 61.0 Å². The van der Waals surface area contributed by atoms with Crippen molar-refractivity contribution >= 4 is 5.91 Å². The molecule has 5 heteroatoms. The van der Waals surface area contributed by atoms with Crippen LogP contribution in [0, 0.1) is 5.41 Å². The SMILES string of the molecule is COCC1(C(=O)N(C)CCN(C)C)CCNCC1. The zero-order chi connectivity index (χ0) is 13.6. The van der Waals surface area contributed by atoms with Crippen LogP contribution in [0.1, 0.15) is 12.8 Å². The summed E-state index contributed by atoms with van der Waals surface area (Å²) in [4.78, 5) is 16.6. The standard InChI is InChI=1S/C13H27N3O2/c1-15(2)9-10-16(3)12(17)13(11-18-4)5-7-14-8-6-13/h14H,5-11H2,1-4H3. The molecule has 1 rings (SSSR count). The number of nitrogens with one attached hydrogen (secondary N) is 1. The Bertz CT molecular complexity index is 257. The highest BCUT2D eigenvalue weighted by atomic mass is 16.5. The van der Waals surface area contributed by atoms with E-state index in [0.29, 0.717) is 6.61 Å². The Balaban J connectivity index is 2.63. The van der Waals surface area contributed by atoms with Gasteiger partial charge in [-0.2, -0.15) is 0 Å². The van der Waals surface area contributed by atoms with Gasteiger partial charge >= 0.3 is 0 Å². The Kier molecular flexibility index (Phi) is 6.05. The van der Waals surface area contributed by atoms with Crippen LogP contribution in [0.25, 0.3) is 0 Å². The number of nitrogens with zero attached hydrogens (tertiary/aromatic N) is 2. The zero-order valence-corrected chi connectivity index (χ0v) is 12.2. The number of methoxy groups -OCH3 is 1. The van der Waals surface area contributed by atoms with Crippen molar-refractivity contribution < 1.29 is 9.53 Å². The second-order valence-electron chi connectivity index (χ2n) is 5.49. The van der Waals surface area contributed by atoms with Gasteiger partial charge in [0.2, 0.25) is 5.91 Å². The highest BCUT2D eigenvalue weighted by Crippen LogP contribution is 2.31. The Hall–Kier alpha value is -0.650. The van der Waals surface area contributed by atoms with Crippen LogP contribution in [0.3, 0.4) is 0 Å². The van der Waals surface area contributed by atoms with E-state index >= 15 is 0 Å². The summed E-state index contributed by atoms with van der Waals surface area (Å²) in [6.45, 7) is 3.99. The lowest BCUT2D eigenvalue weighted by Gasteiger charge is -2.38. The monoisotopic (exact) mass is 257 g/mol. The van der Waals surface area contributed by atoms with Crippen molar-refractivity contribution in [2.24, 2.45) is 5.41 Å². The van der Waals surface area contributed by atoms with Crippen molar-refractivity contribution in [3.05, 3.63) is 0 Å². The quantitative estimate of drug-likeness (QED) is 0.729. The van der Waals surface area contributed by atoms with E-state index < -0.39 is 0 Å². The Morgan fingerprint density at radius 1 is 1.22 bits per heavy atom. The largest absolute Gasteiger partial charge is 0.384 e. The molecule has 0 radical (unpaired) electrons. The van der Waals surface area contributed by atoms with E-state index in [1.165, 1.54) is 0 Å². The number of likely N-dealkylation sites (N-methyl/N-ethyl adjacent to an activating group) is 2. The van der Waals surface area contributed by atoms with Crippen molar-refractivity contribution in [3.63, 3.8) is 0 Å². The first-order valence-electron chi connectivity index (χ1n) is 6.62. The maximum absolute atomic E-state index is 12.6. The van der Waals surface area contributed by atoms with Gasteiger partial charge in [-0.15, -0.1) is 0 Å². The summed E-state index contributed by atoms with van der Waals surface area (Å²) in [5.41, 5.74) is -0.318. The van der Waals surface area contributed by atoms with Gasteiger partial charge in [-0.25, -0.2) is 0 Å². The summed E-state index contributed by atoms with van der Waals surface area (Å²) in [7, 11) is 7.61. The maximum Gasteiger partial charge on any atom is 0.231 e. The molecule has 1 amide bonds. The predicted octanol–water partition coefficient (Wildman–Crippen LogP) is 0.0226. The topological polar surface area (TPSA) is 44.8 Å². The molecule has 0 spiro atoms. The summed E-state index contributed by atoms with van der Waals surface area (Å²) in [5, 5.41) is 3.31. The molecule has 0 aromatic rings. The van der Waals surface area contributed by atoms with Crippen LogP contribution < -0.4 is 5.32 Å². The van der Waals surface area contributed by atoms with Gasteiger partial charge in [0.1, 0.15) is 0 Å². The smallest absolute Gasteiger partial charge is 0.231 e.